The van der Waals surface area contributed by atoms with Gasteiger partial charge >= 0.3 is 6.18 Å². The minimum atomic E-state index is -4.11. The lowest BCUT2D eigenvalue weighted by Gasteiger charge is -2.40. The minimum absolute atomic E-state index is 0.0966. The van der Waals surface area contributed by atoms with Crippen LogP contribution in [0.15, 0.2) is 0 Å². The minimum Gasteiger partial charge on any atom is -0.308 e. The van der Waals surface area contributed by atoms with Gasteiger partial charge in [-0.05, 0) is 40.2 Å². The van der Waals surface area contributed by atoms with Crippen molar-refractivity contribution in [3.8, 4) is 0 Å². The molecule has 1 heterocycles. The summed E-state index contributed by atoms with van der Waals surface area (Å²) in [7, 11) is 1.74. The van der Waals surface area contributed by atoms with Gasteiger partial charge in [0.15, 0.2) is 0 Å². The van der Waals surface area contributed by atoms with E-state index in [4.69, 9.17) is 0 Å². The highest BCUT2D eigenvalue weighted by Gasteiger charge is 2.48. The molecule has 0 radical (unpaired) electrons. The van der Waals surface area contributed by atoms with Gasteiger partial charge in [-0.2, -0.15) is 13.2 Å². The Morgan fingerprint density at radius 2 is 2.05 bits per heavy atom. The van der Waals surface area contributed by atoms with Crippen molar-refractivity contribution in [1.82, 2.24) is 10.3 Å². The Morgan fingerprint density at radius 1 is 1.37 bits per heavy atom. The molecule has 0 bridgehead atoms. The predicted molar refractivity (Wildman–Crippen MR) is 70.3 cm³/mol. The van der Waals surface area contributed by atoms with Crippen LogP contribution in [0, 0.1) is 19.8 Å². The smallest absolute Gasteiger partial charge is 0.308 e. The molecule has 6 heteroatoms. The van der Waals surface area contributed by atoms with Crippen molar-refractivity contribution < 1.29 is 13.2 Å². The molecule has 0 saturated heterocycles. The lowest BCUT2D eigenvalue weighted by molar-refractivity contribution is -0.188. The summed E-state index contributed by atoms with van der Waals surface area (Å²) in [5.74, 6) is -1.22. The monoisotopic (exact) mass is 292 g/mol. The molecular weight excluding hydrogens is 273 g/mol. The molecule has 1 fully saturated rings. The van der Waals surface area contributed by atoms with E-state index in [0.717, 1.165) is 22.0 Å². The molecule has 2 atom stereocenters. The number of aryl methyl sites for hydroxylation is 2. The van der Waals surface area contributed by atoms with Crippen LogP contribution in [0.1, 0.15) is 41.3 Å². The second-order valence-corrected chi connectivity index (χ2v) is 6.53. The van der Waals surface area contributed by atoms with Crippen LogP contribution in [0.5, 0.6) is 0 Å². The molecule has 2 unspecified atom stereocenters. The Morgan fingerprint density at radius 3 is 2.53 bits per heavy atom. The van der Waals surface area contributed by atoms with E-state index in [1.54, 1.807) is 7.05 Å². The van der Waals surface area contributed by atoms with Crippen molar-refractivity contribution in [3.05, 3.63) is 15.6 Å². The fourth-order valence-electron chi connectivity index (χ4n) is 2.76. The number of halogens is 3. The molecule has 2 rings (SSSR count). The van der Waals surface area contributed by atoms with Gasteiger partial charge in [-0.15, -0.1) is 11.3 Å². The third-order valence-electron chi connectivity index (χ3n) is 4.13. The second-order valence-electron chi connectivity index (χ2n) is 5.33. The molecule has 0 aromatic carbocycles. The Balaban J connectivity index is 2.32. The molecule has 19 heavy (non-hydrogen) atoms. The number of nitrogens with zero attached hydrogens (tertiary/aromatic N) is 1. The summed E-state index contributed by atoms with van der Waals surface area (Å²) >= 11 is 1.52. The van der Waals surface area contributed by atoms with Crippen molar-refractivity contribution in [3.63, 3.8) is 0 Å². The van der Waals surface area contributed by atoms with Crippen LogP contribution in [0.3, 0.4) is 0 Å². The van der Waals surface area contributed by atoms with Gasteiger partial charge in [0.2, 0.25) is 0 Å². The van der Waals surface area contributed by atoms with E-state index in [9.17, 15) is 13.2 Å². The Kier molecular flexibility index (Phi) is 3.93. The number of hydrogen-bond donors (Lipinski definition) is 1. The Bertz CT molecular complexity index is 436. The molecule has 1 aromatic heterocycles. The van der Waals surface area contributed by atoms with Gasteiger partial charge in [0, 0.05) is 4.88 Å². The molecule has 1 aliphatic rings. The Labute approximate surface area is 115 Å². The average Bonchev–Trinajstić information content (AvgIpc) is 2.69. The van der Waals surface area contributed by atoms with Crippen molar-refractivity contribution in [2.75, 3.05) is 7.05 Å². The van der Waals surface area contributed by atoms with Crippen molar-refractivity contribution in [2.24, 2.45) is 5.92 Å². The first kappa shape index (κ1) is 14.8. The number of nitrogens with one attached hydrogen (secondary N) is 1. The lowest BCUT2D eigenvalue weighted by atomic mass is 9.75. The van der Waals surface area contributed by atoms with E-state index in [1.165, 1.54) is 11.3 Å². The molecule has 0 aliphatic heterocycles. The molecular formula is C13H19F3N2S. The molecule has 0 spiro atoms. The predicted octanol–water partition coefficient (Wildman–Crippen LogP) is 3.93. The van der Waals surface area contributed by atoms with E-state index in [-0.39, 0.29) is 12.8 Å². The standard InChI is InChI=1S/C13H19F3N2S/c1-8-9(2)19-11(18-8)12(17-3)6-4-5-10(7-12)13(14,15)16/h10,17H,4-7H2,1-3H3. The summed E-state index contributed by atoms with van der Waals surface area (Å²) in [6, 6.07) is 0. The third kappa shape index (κ3) is 2.79. The molecule has 1 saturated carbocycles. The highest BCUT2D eigenvalue weighted by molar-refractivity contribution is 7.11. The summed E-state index contributed by atoms with van der Waals surface area (Å²) in [5, 5.41) is 3.93. The number of hydrogen-bond acceptors (Lipinski definition) is 3. The molecule has 0 amide bonds. The molecule has 1 aromatic rings. The van der Waals surface area contributed by atoms with Crippen LogP contribution in [0.2, 0.25) is 0 Å². The quantitative estimate of drug-likeness (QED) is 0.893. The summed E-state index contributed by atoms with van der Waals surface area (Å²) in [6.45, 7) is 3.87. The Hall–Kier alpha value is -0.620. The first-order chi connectivity index (χ1) is 8.78. The van der Waals surface area contributed by atoms with Gasteiger partial charge in [0.05, 0.1) is 17.2 Å². The van der Waals surface area contributed by atoms with Gasteiger partial charge < -0.3 is 5.32 Å². The van der Waals surface area contributed by atoms with Gasteiger partial charge in [0.25, 0.3) is 0 Å². The average molecular weight is 292 g/mol. The van der Waals surface area contributed by atoms with Gasteiger partial charge in [0.1, 0.15) is 5.01 Å². The number of alkyl halides is 3. The van der Waals surface area contributed by atoms with Crippen LogP contribution >= 0.6 is 11.3 Å². The zero-order chi connectivity index (χ0) is 14.3. The largest absolute Gasteiger partial charge is 0.391 e. The first-order valence-corrected chi connectivity index (χ1v) is 7.30. The fraction of sp³-hybridized carbons (Fsp3) is 0.769. The second kappa shape index (κ2) is 5.05. The molecule has 1 N–H and O–H groups in total. The zero-order valence-corrected chi connectivity index (χ0v) is 12.2. The number of thiazole rings is 1. The van der Waals surface area contributed by atoms with E-state index >= 15 is 0 Å². The van der Waals surface area contributed by atoms with Crippen molar-refractivity contribution in [1.29, 1.82) is 0 Å². The third-order valence-corrected chi connectivity index (χ3v) is 5.41. The van der Waals surface area contributed by atoms with Crippen LogP contribution in [0.4, 0.5) is 13.2 Å². The van der Waals surface area contributed by atoms with Crippen molar-refractivity contribution >= 4 is 11.3 Å². The van der Waals surface area contributed by atoms with E-state index in [1.807, 2.05) is 13.8 Å². The lowest BCUT2D eigenvalue weighted by Crippen LogP contribution is -2.46. The van der Waals surface area contributed by atoms with Gasteiger partial charge in [-0.25, -0.2) is 4.98 Å². The van der Waals surface area contributed by atoms with Crippen LogP contribution < -0.4 is 5.32 Å². The number of aromatic nitrogens is 1. The van der Waals surface area contributed by atoms with Crippen LogP contribution in [-0.2, 0) is 5.54 Å². The van der Waals surface area contributed by atoms with Crippen molar-refractivity contribution in [2.45, 2.75) is 51.2 Å². The summed E-state index contributed by atoms with van der Waals surface area (Å²) < 4.78 is 38.9. The summed E-state index contributed by atoms with van der Waals surface area (Å²) in [4.78, 5) is 5.56. The van der Waals surface area contributed by atoms with Crippen LogP contribution in [0.25, 0.3) is 0 Å². The number of rotatable bonds is 2. The topological polar surface area (TPSA) is 24.9 Å². The SMILES string of the molecule is CNC1(c2nc(C)c(C)s2)CCCC(C(F)(F)F)C1. The fourth-order valence-corrected chi connectivity index (χ4v) is 3.91. The normalized spacial score (nSPS) is 28.6. The van der Waals surface area contributed by atoms with E-state index in [2.05, 4.69) is 10.3 Å². The first-order valence-electron chi connectivity index (χ1n) is 6.48. The maximum Gasteiger partial charge on any atom is 0.391 e. The van der Waals surface area contributed by atoms with Crippen LogP contribution in [-0.4, -0.2) is 18.2 Å². The highest BCUT2D eigenvalue weighted by Crippen LogP contribution is 2.46. The zero-order valence-electron chi connectivity index (χ0n) is 11.4. The summed E-state index contributed by atoms with van der Waals surface area (Å²) in [5.41, 5.74) is 0.311. The van der Waals surface area contributed by atoms with E-state index < -0.39 is 17.6 Å². The highest BCUT2D eigenvalue weighted by atomic mass is 32.1. The van der Waals surface area contributed by atoms with Gasteiger partial charge in [-0.3, -0.25) is 0 Å². The van der Waals surface area contributed by atoms with Gasteiger partial charge in [-0.1, -0.05) is 6.42 Å². The maximum absolute atomic E-state index is 13.0. The molecule has 108 valence electrons. The maximum atomic E-state index is 13.0. The molecule has 2 nitrogen and oxygen atoms in total. The molecule has 1 aliphatic carbocycles. The van der Waals surface area contributed by atoms with E-state index in [0.29, 0.717) is 6.42 Å². The summed E-state index contributed by atoms with van der Waals surface area (Å²) in [6.07, 6.45) is -2.47.